The number of hydrogen-bond donors (Lipinski definition) is 3. The summed E-state index contributed by atoms with van der Waals surface area (Å²) in [5, 5.41) is 8.79. The molecule has 1 aliphatic heterocycles. The van der Waals surface area contributed by atoms with Gasteiger partial charge in [-0.2, -0.15) is 0 Å². The zero-order valence-electron chi connectivity index (χ0n) is 11.8. The normalized spacial score (nSPS) is 24.4. The van der Waals surface area contributed by atoms with Crippen LogP contribution in [0.5, 0.6) is 0 Å². The first-order chi connectivity index (χ1) is 8.28. The van der Waals surface area contributed by atoms with Gasteiger partial charge in [0.05, 0.1) is 12.5 Å². The molecule has 1 fully saturated rings. The first kappa shape index (κ1) is 15.0. The lowest BCUT2D eigenvalue weighted by atomic mass is 9.95. The second-order valence-corrected chi connectivity index (χ2v) is 6.10. The molecular formula is C13H25N3O2. The fourth-order valence-corrected chi connectivity index (χ4v) is 2.00. The monoisotopic (exact) mass is 255 g/mol. The summed E-state index contributed by atoms with van der Waals surface area (Å²) in [5.41, 5.74) is -0.260. The molecule has 0 radical (unpaired) electrons. The highest BCUT2D eigenvalue weighted by molar-refractivity contribution is 5.86. The Morgan fingerprint density at radius 2 is 1.94 bits per heavy atom. The molecule has 0 saturated carbocycles. The fourth-order valence-electron chi connectivity index (χ4n) is 2.00. The molecule has 1 heterocycles. The van der Waals surface area contributed by atoms with Gasteiger partial charge in [0.15, 0.2) is 0 Å². The van der Waals surface area contributed by atoms with Gasteiger partial charge >= 0.3 is 0 Å². The minimum absolute atomic E-state index is 0.0105. The molecule has 0 spiro atoms. The van der Waals surface area contributed by atoms with Crippen LogP contribution in [0.1, 0.15) is 40.5 Å². The predicted octanol–water partition coefficient (Wildman–Crippen LogP) is 0.405. The van der Waals surface area contributed by atoms with Crippen LogP contribution >= 0.6 is 0 Å². The number of rotatable bonds is 3. The van der Waals surface area contributed by atoms with E-state index in [0.29, 0.717) is 12.6 Å². The Hall–Kier alpha value is -1.10. The molecule has 2 unspecified atom stereocenters. The summed E-state index contributed by atoms with van der Waals surface area (Å²) in [6.07, 6.45) is 1.90. The van der Waals surface area contributed by atoms with Crippen LogP contribution in [0.4, 0.5) is 0 Å². The third kappa shape index (κ3) is 5.49. The SMILES string of the molecule is CC1CCC(C(=O)NCC(=O)NC(C)(C)C)CN1. The van der Waals surface area contributed by atoms with Crippen LogP contribution in [-0.4, -0.2) is 36.5 Å². The van der Waals surface area contributed by atoms with Gasteiger partial charge in [-0.25, -0.2) is 0 Å². The maximum atomic E-state index is 11.8. The summed E-state index contributed by atoms with van der Waals surface area (Å²) >= 11 is 0. The van der Waals surface area contributed by atoms with Gasteiger partial charge in [0.1, 0.15) is 0 Å². The minimum atomic E-state index is -0.260. The van der Waals surface area contributed by atoms with E-state index in [1.165, 1.54) is 0 Å². The van der Waals surface area contributed by atoms with Crippen LogP contribution < -0.4 is 16.0 Å². The van der Waals surface area contributed by atoms with Crippen molar-refractivity contribution in [1.82, 2.24) is 16.0 Å². The molecule has 5 heteroatoms. The van der Waals surface area contributed by atoms with E-state index in [9.17, 15) is 9.59 Å². The Bertz CT molecular complexity index is 302. The van der Waals surface area contributed by atoms with Gasteiger partial charge in [-0.1, -0.05) is 0 Å². The summed E-state index contributed by atoms with van der Waals surface area (Å²) < 4.78 is 0. The average Bonchev–Trinajstić information content (AvgIpc) is 2.24. The molecule has 5 nitrogen and oxygen atoms in total. The van der Waals surface area contributed by atoms with Crippen molar-refractivity contribution in [3.8, 4) is 0 Å². The van der Waals surface area contributed by atoms with Gasteiger partial charge in [0.25, 0.3) is 0 Å². The summed E-state index contributed by atoms with van der Waals surface area (Å²) in [6.45, 7) is 8.62. The molecule has 2 atom stereocenters. The van der Waals surface area contributed by atoms with Gasteiger partial charge in [0.2, 0.25) is 11.8 Å². The van der Waals surface area contributed by atoms with Crippen molar-refractivity contribution in [2.75, 3.05) is 13.1 Å². The van der Waals surface area contributed by atoms with Crippen LogP contribution in [0.25, 0.3) is 0 Å². The number of nitrogens with one attached hydrogen (secondary N) is 3. The smallest absolute Gasteiger partial charge is 0.239 e. The number of amides is 2. The lowest BCUT2D eigenvalue weighted by molar-refractivity contribution is -0.129. The number of hydrogen-bond acceptors (Lipinski definition) is 3. The predicted molar refractivity (Wildman–Crippen MR) is 71.1 cm³/mol. The van der Waals surface area contributed by atoms with Crippen LogP contribution in [0.15, 0.2) is 0 Å². The molecule has 3 N–H and O–H groups in total. The van der Waals surface area contributed by atoms with E-state index in [1.807, 2.05) is 20.8 Å². The van der Waals surface area contributed by atoms with Gasteiger partial charge in [0, 0.05) is 18.1 Å². The maximum absolute atomic E-state index is 11.8. The summed E-state index contributed by atoms with van der Waals surface area (Å²) in [4.78, 5) is 23.4. The second kappa shape index (κ2) is 6.18. The minimum Gasteiger partial charge on any atom is -0.350 e. The molecule has 18 heavy (non-hydrogen) atoms. The number of carbonyl (C=O) groups excluding carboxylic acids is 2. The van der Waals surface area contributed by atoms with Crippen molar-refractivity contribution in [1.29, 1.82) is 0 Å². The molecule has 2 amide bonds. The molecule has 0 aromatic carbocycles. The van der Waals surface area contributed by atoms with Crippen LogP contribution in [0.3, 0.4) is 0 Å². The van der Waals surface area contributed by atoms with Crippen molar-refractivity contribution >= 4 is 11.8 Å². The van der Waals surface area contributed by atoms with Crippen molar-refractivity contribution in [3.63, 3.8) is 0 Å². The molecule has 1 saturated heterocycles. The highest BCUT2D eigenvalue weighted by atomic mass is 16.2. The molecule has 0 aliphatic carbocycles. The lowest BCUT2D eigenvalue weighted by Gasteiger charge is -2.27. The van der Waals surface area contributed by atoms with Gasteiger partial charge in [-0.05, 0) is 40.5 Å². The quantitative estimate of drug-likeness (QED) is 0.684. The molecule has 104 valence electrons. The highest BCUT2D eigenvalue weighted by Gasteiger charge is 2.24. The molecular weight excluding hydrogens is 230 g/mol. The number of piperidine rings is 1. The Labute approximate surface area is 109 Å². The molecule has 0 bridgehead atoms. The molecule has 0 aromatic heterocycles. The third-order valence-corrected chi connectivity index (χ3v) is 2.97. The standard InChI is InChI=1S/C13H25N3O2/c1-9-5-6-10(7-14-9)12(18)15-8-11(17)16-13(2,3)4/h9-10,14H,5-8H2,1-4H3,(H,15,18)(H,16,17). The summed E-state index contributed by atoms with van der Waals surface area (Å²) in [5.74, 6) is -0.185. The van der Waals surface area contributed by atoms with E-state index in [4.69, 9.17) is 0 Å². The van der Waals surface area contributed by atoms with E-state index in [-0.39, 0.29) is 29.8 Å². The Balaban J connectivity index is 2.27. The third-order valence-electron chi connectivity index (χ3n) is 2.97. The van der Waals surface area contributed by atoms with Crippen LogP contribution in [0.2, 0.25) is 0 Å². The topological polar surface area (TPSA) is 70.2 Å². The van der Waals surface area contributed by atoms with Gasteiger partial charge in [-0.3, -0.25) is 9.59 Å². The molecule has 1 rings (SSSR count). The first-order valence-corrected chi connectivity index (χ1v) is 6.60. The van der Waals surface area contributed by atoms with Crippen molar-refractivity contribution in [3.05, 3.63) is 0 Å². The first-order valence-electron chi connectivity index (χ1n) is 6.60. The molecule has 0 aromatic rings. The summed E-state index contributed by atoms with van der Waals surface area (Å²) in [6, 6.07) is 0.484. The fraction of sp³-hybridized carbons (Fsp3) is 0.846. The zero-order chi connectivity index (χ0) is 13.8. The van der Waals surface area contributed by atoms with Gasteiger partial charge < -0.3 is 16.0 Å². The Morgan fingerprint density at radius 1 is 1.28 bits per heavy atom. The van der Waals surface area contributed by atoms with E-state index >= 15 is 0 Å². The van der Waals surface area contributed by atoms with Crippen LogP contribution in [-0.2, 0) is 9.59 Å². The van der Waals surface area contributed by atoms with E-state index < -0.39 is 0 Å². The van der Waals surface area contributed by atoms with E-state index in [2.05, 4.69) is 22.9 Å². The average molecular weight is 255 g/mol. The number of carbonyl (C=O) groups is 2. The maximum Gasteiger partial charge on any atom is 0.239 e. The Morgan fingerprint density at radius 3 is 2.44 bits per heavy atom. The molecule has 1 aliphatic rings. The van der Waals surface area contributed by atoms with Crippen molar-refractivity contribution in [2.24, 2.45) is 5.92 Å². The highest BCUT2D eigenvalue weighted by Crippen LogP contribution is 2.13. The van der Waals surface area contributed by atoms with Crippen LogP contribution in [0, 0.1) is 5.92 Å². The van der Waals surface area contributed by atoms with E-state index in [0.717, 1.165) is 12.8 Å². The largest absolute Gasteiger partial charge is 0.350 e. The summed E-state index contributed by atoms with van der Waals surface area (Å²) in [7, 11) is 0. The second-order valence-electron chi connectivity index (χ2n) is 6.10. The Kier molecular flexibility index (Phi) is 5.14. The van der Waals surface area contributed by atoms with Crippen molar-refractivity contribution < 1.29 is 9.59 Å². The zero-order valence-corrected chi connectivity index (χ0v) is 11.8. The van der Waals surface area contributed by atoms with Crippen molar-refractivity contribution in [2.45, 2.75) is 52.1 Å². The van der Waals surface area contributed by atoms with Gasteiger partial charge in [-0.15, -0.1) is 0 Å². The lowest BCUT2D eigenvalue weighted by Crippen LogP contribution is -2.49. The van der Waals surface area contributed by atoms with E-state index in [1.54, 1.807) is 0 Å².